The molecule has 0 aliphatic heterocycles. The van der Waals surface area contributed by atoms with E-state index < -0.39 is 14.6 Å². The summed E-state index contributed by atoms with van der Waals surface area (Å²) in [6.07, 6.45) is 3.32. The first-order valence-corrected chi connectivity index (χ1v) is 11.0. The number of aliphatic imine (C=N–C) groups is 1. The van der Waals surface area contributed by atoms with Crippen LogP contribution in [0.3, 0.4) is 0 Å². The summed E-state index contributed by atoms with van der Waals surface area (Å²) in [6, 6.07) is 0.296. The lowest BCUT2D eigenvalue weighted by atomic mass is 9.58. The van der Waals surface area contributed by atoms with Gasteiger partial charge in [0.2, 0.25) is 0 Å². The highest BCUT2D eigenvalue weighted by Gasteiger charge is 2.53. The summed E-state index contributed by atoms with van der Waals surface area (Å²) in [4.78, 5) is 4.26. The molecule has 0 saturated heterocycles. The Morgan fingerprint density at radius 2 is 1.84 bits per heavy atom. The number of hydrogen-bond donors (Lipinski definition) is 2. The quantitative estimate of drug-likeness (QED) is 0.503. The molecule has 2 atom stereocenters. The van der Waals surface area contributed by atoms with Crippen molar-refractivity contribution in [3.05, 3.63) is 0 Å². The molecule has 25 heavy (non-hydrogen) atoms. The second-order valence-electron chi connectivity index (χ2n) is 7.75. The minimum atomic E-state index is -3.14. The smallest absolute Gasteiger partial charge is 0.191 e. The van der Waals surface area contributed by atoms with Crippen LogP contribution in [0.5, 0.6) is 0 Å². The molecule has 0 heterocycles. The van der Waals surface area contributed by atoms with Gasteiger partial charge in [-0.25, -0.2) is 8.42 Å². The van der Waals surface area contributed by atoms with Crippen molar-refractivity contribution in [3.63, 3.8) is 0 Å². The maximum absolute atomic E-state index is 12.2. The Balaban J connectivity index is 2.63. The number of nitrogens with zero attached hydrogens (tertiary/aromatic N) is 1. The Hall–Kier alpha value is -0.820. The molecule has 1 fully saturated rings. The van der Waals surface area contributed by atoms with Crippen LogP contribution < -0.4 is 10.6 Å². The Morgan fingerprint density at radius 1 is 1.24 bits per heavy atom. The lowest BCUT2D eigenvalue weighted by molar-refractivity contribution is -0.133. The Labute approximate surface area is 154 Å². The summed E-state index contributed by atoms with van der Waals surface area (Å²) in [7, 11) is -1.42. The molecule has 1 aliphatic rings. The summed E-state index contributed by atoms with van der Waals surface area (Å²) in [5, 5.41) is 6.62. The minimum Gasteiger partial charge on any atom is -0.378 e. The van der Waals surface area contributed by atoms with E-state index in [0.29, 0.717) is 18.5 Å². The molecule has 0 amide bonds. The summed E-state index contributed by atoms with van der Waals surface area (Å²) >= 11 is 0. The monoisotopic (exact) mass is 375 g/mol. The van der Waals surface area contributed by atoms with E-state index in [9.17, 15) is 8.42 Å². The number of rotatable bonds is 8. The van der Waals surface area contributed by atoms with Gasteiger partial charge >= 0.3 is 0 Å². The largest absolute Gasteiger partial charge is 0.378 e. The van der Waals surface area contributed by atoms with Gasteiger partial charge in [0.25, 0.3) is 0 Å². The van der Waals surface area contributed by atoms with E-state index in [0.717, 1.165) is 25.9 Å². The van der Waals surface area contributed by atoms with Crippen LogP contribution in [-0.4, -0.2) is 57.2 Å². The van der Waals surface area contributed by atoms with Crippen LogP contribution in [0.25, 0.3) is 0 Å². The molecule has 2 unspecified atom stereocenters. The van der Waals surface area contributed by atoms with Crippen LogP contribution >= 0.6 is 0 Å². The Morgan fingerprint density at radius 3 is 2.28 bits per heavy atom. The highest BCUT2D eigenvalue weighted by Crippen LogP contribution is 2.48. The van der Waals surface area contributed by atoms with Crippen molar-refractivity contribution in [3.8, 4) is 0 Å². The molecule has 0 spiro atoms. The predicted molar refractivity (Wildman–Crippen MR) is 105 cm³/mol. The standard InChI is InChI=1S/C18H37N3O3S/c1-8-18(9-2)14(13-15(18)24-10-3)21-16(19-7)20-11-12-25(22,23)17(4,5)6/h14-15H,8-13H2,1-7H3,(H2,19,20,21). The van der Waals surface area contributed by atoms with Crippen LogP contribution in [0.1, 0.15) is 60.8 Å². The van der Waals surface area contributed by atoms with Gasteiger partial charge in [-0.15, -0.1) is 0 Å². The fourth-order valence-corrected chi connectivity index (χ4v) is 4.54. The first-order chi connectivity index (χ1) is 11.6. The number of hydrogen-bond acceptors (Lipinski definition) is 4. The van der Waals surface area contributed by atoms with E-state index in [-0.39, 0.29) is 17.3 Å². The van der Waals surface area contributed by atoms with Crippen molar-refractivity contribution in [2.24, 2.45) is 10.4 Å². The zero-order valence-electron chi connectivity index (χ0n) is 17.0. The van der Waals surface area contributed by atoms with Crippen molar-refractivity contribution in [2.45, 2.75) is 77.7 Å². The van der Waals surface area contributed by atoms with Crippen LogP contribution in [-0.2, 0) is 14.6 Å². The van der Waals surface area contributed by atoms with Gasteiger partial charge in [0, 0.05) is 31.7 Å². The van der Waals surface area contributed by atoms with Gasteiger partial charge in [0.15, 0.2) is 15.8 Å². The first-order valence-electron chi connectivity index (χ1n) is 9.39. The molecule has 1 saturated carbocycles. The first kappa shape index (κ1) is 22.2. The van der Waals surface area contributed by atoms with Gasteiger partial charge in [-0.3, -0.25) is 4.99 Å². The van der Waals surface area contributed by atoms with Gasteiger partial charge in [0.1, 0.15) is 0 Å². The third-order valence-corrected chi connectivity index (χ3v) is 8.21. The van der Waals surface area contributed by atoms with E-state index in [2.05, 4.69) is 29.5 Å². The molecule has 7 heteroatoms. The average Bonchev–Trinajstić information content (AvgIpc) is 2.52. The van der Waals surface area contributed by atoms with Crippen molar-refractivity contribution in [1.29, 1.82) is 0 Å². The maximum Gasteiger partial charge on any atom is 0.191 e. The van der Waals surface area contributed by atoms with Gasteiger partial charge in [-0.1, -0.05) is 13.8 Å². The zero-order chi connectivity index (χ0) is 19.3. The molecular weight excluding hydrogens is 338 g/mol. The SMILES string of the molecule is CCOC1CC(NC(=NC)NCCS(=O)(=O)C(C)(C)C)C1(CC)CC. The molecule has 0 bridgehead atoms. The van der Waals surface area contributed by atoms with Gasteiger partial charge < -0.3 is 15.4 Å². The molecule has 0 aromatic heterocycles. The Bertz CT molecular complexity index is 548. The Kier molecular flexibility index (Phi) is 7.74. The topological polar surface area (TPSA) is 79.8 Å². The normalized spacial score (nSPS) is 23.9. The average molecular weight is 376 g/mol. The van der Waals surface area contributed by atoms with E-state index in [1.54, 1.807) is 27.8 Å². The highest BCUT2D eigenvalue weighted by molar-refractivity contribution is 7.92. The van der Waals surface area contributed by atoms with Crippen molar-refractivity contribution in [2.75, 3.05) is 26.0 Å². The van der Waals surface area contributed by atoms with Crippen LogP contribution in [0.4, 0.5) is 0 Å². The number of ether oxygens (including phenoxy) is 1. The molecule has 6 nitrogen and oxygen atoms in total. The van der Waals surface area contributed by atoms with E-state index in [1.807, 2.05) is 6.92 Å². The summed E-state index contributed by atoms with van der Waals surface area (Å²) in [6.45, 7) is 12.7. The van der Waals surface area contributed by atoms with Gasteiger partial charge in [0.05, 0.1) is 16.6 Å². The molecule has 2 N–H and O–H groups in total. The lowest BCUT2D eigenvalue weighted by Crippen LogP contribution is -2.65. The minimum absolute atomic E-state index is 0.0934. The molecular formula is C18H37N3O3S. The lowest BCUT2D eigenvalue weighted by Gasteiger charge is -2.55. The summed E-state index contributed by atoms with van der Waals surface area (Å²) < 4.78 is 29.6. The van der Waals surface area contributed by atoms with Crippen molar-refractivity contribution in [1.82, 2.24) is 10.6 Å². The summed E-state index contributed by atoms with van der Waals surface area (Å²) in [5.41, 5.74) is 0.116. The van der Waals surface area contributed by atoms with E-state index >= 15 is 0 Å². The number of nitrogens with one attached hydrogen (secondary N) is 2. The van der Waals surface area contributed by atoms with Gasteiger partial charge in [-0.05, 0) is 47.0 Å². The maximum atomic E-state index is 12.2. The second kappa shape index (κ2) is 8.71. The van der Waals surface area contributed by atoms with E-state index in [4.69, 9.17) is 4.74 Å². The molecule has 0 radical (unpaired) electrons. The zero-order valence-corrected chi connectivity index (χ0v) is 17.8. The van der Waals surface area contributed by atoms with Crippen molar-refractivity contribution < 1.29 is 13.2 Å². The van der Waals surface area contributed by atoms with E-state index in [1.165, 1.54) is 0 Å². The molecule has 0 aromatic carbocycles. The molecule has 0 aromatic rings. The molecule has 148 valence electrons. The number of guanidine groups is 1. The third kappa shape index (κ3) is 4.88. The van der Waals surface area contributed by atoms with Gasteiger partial charge in [-0.2, -0.15) is 0 Å². The second-order valence-corrected chi connectivity index (χ2v) is 10.6. The fourth-order valence-electron chi connectivity index (χ4n) is 3.55. The van der Waals surface area contributed by atoms with Crippen LogP contribution in [0.15, 0.2) is 4.99 Å². The molecule has 1 aliphatic carbocycles. The van der Waals surface area contributed by atoms with Crippen LogP contribution in [0, 0.1) is 5.41 Å². The number of sulfone groups is 1. The molecule has 1 rings (SSSR count). The highest BCUT2D eigenvalue weighted by atomic mass is 32.2. The predicted octanol–water partition coefficient (Wildman–Crippen LogP) is 2.35. The fraction of sp³-hybridized carbons (Fsp3) is 0.944. The van der Waals surface area contributed by atoms with Crippen molar-refractivity contribution >= 4 is 15.8 Å². The van der Waals surface area contributed by atoms with Crippen LogP contribution in [0.2, 0.25) is 0 Å². The summed E-state index contributed by atoms with van der Waals surface area (Å²) in [5.74, 6) is 0.756. The third-order valence-electron chi connectivity index (χ3n) is 5.60.